The second kappa shape index (κ2) is 9.87. The van der Waals surface area contributed by atoms with Crippen molar-refractivity contribution in [1.29, 1.82) is 0 Å². The number of carbonyl (C=O) groups is 1. The highest BCUT2D eigenvalue weighted by atomic mass is 31.2. The zero-order chi connectivity index (χ0) is 18.0. The predicted octanol–water partition coefficient (Wildman–Crippen LogP) is 4.91. The van der Waals surface area contributed by atoms with Crippen LogP contribution in [0.15, 0.2) is 60.7 Å². The molecule has 0 atom stereocenters. The Morgan fingerprint density at radius 1 is 0.840 bits per heavy atom. The molecule has 25 heavy (non-hydrogen) atoms. The van der Waals surface area contributed by atoms with Crippen molar-refractivity contribution in [2.75, 3.05) is 6.61 Å². The lowest BCUT2D eigenvalue weighted by Gasteiger charge is -2.19. The number of aliphatic carboxylic acids is 1. The summed E-state index contributed by atoms with van der Waals surface area (Å²) < 4.78 is 29.3. The summed E-state index contributed by atoms with van der Waals surface area (Å²) in [6, 6.07) is 17.3. The van der Waals surface area contributed by atoms with E-state index >= 15 is 0 Å². The minimum absolute atomic E-state index is 0.110. The number of phosphoric acid groups is 1. The highest BCUT2D eigenvalue weighted by molar-refractivity contribution is 7.49. The van der Waals surface area contributed by atoms with E-state index in [1.807, 2.05) is 12.1 Å². The Hall–Kier alpha value is -2.30. The van der Waals surface area contributed by atoms with Crippen LogP contribution in [0, 0.1) is 0 Å². The van der Waals surface area contributed by atoms with Crippen molar-refractivity contribution in [3.63, 3.8) is 0 Å². The van der Waals surface area contributed by atoms with Crippen LogP contribution in [0.5, 0.6) is 11.5 Å². The van der Waals surface area contributed by atoms with Crippen molar-refractivity contribution in [1.82, 2.24) is 0 Å². The lowest BCUT2D eigenvalue weighted by Crippen LogP contribution is -2.06. The van der Waals surface area contributed by atoms with Crippen LogP contribution in [0.3, 0.4) is 0 Å². The van der Waals surface area contributed by atoms with Gasteiger partial charge in [0.15, 0.2) is 0 Å². The van der Waals surface area contributed by atoms with E-state index in [-0.39, 0.29) is 13.0 Å². The van der Waals surface area contributed by atoms with Gasteiger partial charge in [-0.05, 0) is 37.1 Å². The fourth-order valence-corrected chi connectivity index (χ4v) is 3.28. The molecule has 6 nitrogen and oxygen atoms in total. The van der Waals surface area contributed by atoms with Crippen LogP contribution in [0.4, 0.5) is 0 Å². The van der Waals surface area contributed by atoms with Crippen molar-refractivity contribution in [2.24, 2.45) is 0 Å². The Balaban J connectivity index is 1.94. The Morgan fingerprint density at radius 3 is 1.84 bits per heavy atom. The van der Waals surface area contributed by atoms with Crippen LogP contribution in [0.25, 0.3) is 0 Å². The number of carboxylic acids is 1. The van der Waals surface area contributed by atoms with E-state index in [1.54, 1.807) is 48.5 Å². The van der Waals surface area contributed by atoms with Gasteiger partial charge in [-0.25, -0.2) is 4.57 Å². The van der Waals surface area contributed by atoms with Crippen LogP contribution in [-0.2, 0) is 13.9 Å². The smallest absolute Gasteiger partial charge is 0.481 e. The highest BCUT2D eigenvalue weighted by Crippen LogP contribution is 2.49. The van der Waals surface area contributed by atoms with Gasteiger partial charge in [0.25, 0.3) is 0 Å². The molecule has 7 heteroatoms. The molecule has 0 aliphatic rings. The number of para-hydroxylation sites is 2. The first-order chi connectivity index (χ1) is 12.1. The molecule has 0 amide bonds. The van der Waals surface area contributed by atoms with Crippen molar-refractivity contribution < 1.29 is 28.0 Å². The van der Waals surface area contributed by atoms with E-state index in [2.05, 4.69) is 0 Å². The first-order valence-corrected chi connectivity index (χ1v) is 9.49. The van der Waals surface area contributed by atoms with Gasteiger partial charge in [-0.1, -0.05) is 42.8 Å². The number of carboxylic acid groups (broad SMARTS) is 1. The monoisotopic (exact) mass is 364 g/mol. The number of unbranched alkanes of at least 4 members (excludes halogenated alkanes) is 2. The number of hydrogen-bond acceptors (Lipinski definition) is 5. The summed E-state index contributed by atoms with van der Waals surface area (Å²) in [5.74, 6) is -0.0632. The number of benzene rings is 2. The lowest BCUT2D eigenvalue weighted by atomic mass is 10.2. The van der Waals surface area contributed by atoms with Gasteiger partial charge in [0.1, 0.15) is 11.5 Å². The summed E-state index contributed by atoms with van der Waals surface area (Å²) in [5, 5.41) is 8.61. The van der Waals surface area contributed by atoms with E-state index in [0.717, 1.165) is 0 Å². The van der Waals surface area contributed by atoms with Gasteiger partial charge in [-0.2, -0.15) is 0 Å². The summed E-state index contributed by atoms with van der Waals surface area (Å²) in [5.41, 5.74) is 0. The summed E-state index contributed by atoms with van der Waals surface area (Å²) in [6.07, 6.45) is 1.87. The molecule has 0 fully saturated rings. The number of hydrogen-bond donors (Lipinski definition) is 1. The standard InChI is InChI=1S/C18H21O6P/c19-18(20)14-8-3-9-15-22-25(21,23-16-10-4-1-5-11-16)24-17-12-6-2-7-13-17/h1-2,4-7,10-13H,3,8-9,14-15H2,(H,19,20). The van der Waals surface area contributed by atoms with E-state index < -0.39 is 13.8 Å². The minimum atomic E-state index is -3.85. The van der Waals surface area contributed by atoms with Gasteiger partial charge >= 0.3 is 13.8 Å². The molecular weight excluding hydrogens is 343 g/mol. The van der Waals surface area contributed by atoms with Crippen LogP contribution < -0.4 is 9.05 Å². The third-order valence-corrected chi connectivity index (χ3v) is 4.57. The van der Waals surface area contributed by atoms with Crippen molar-refractivity contribution >= 4 is 13.8 Å². The molecule has 0 radical (unpaired) electrons. The quantitative estimate of drug-likeness (QED) is 0.450. The van der Waals surface area contributed by atoms with Crippen molar-refractivity contribution in [3.8, 4) is 11.5 Å². The normalized spacial score (nSPS) is 11.0. The second-order valence-electron chi connectivity index (χ2n) is 5.29. The molecule has 0 saturated heterocycles. The predicted molar refractivity (Wildman–Crippen MR) is 93.8 cm³/mol. The van der Waals surface area contributed by atoms with Crippen LogP contribution in [0.2, 0.25) is 0 Å². The molecule has 2 aromatic rings. The van der Waals surface area contributed by atoms with Gasteiger partial charge in [-0.3, -0.25) is 9.32 Å². The Morgan fingerprint density at radius 2 is 1.36 bits per heavy atom. The van der Waals surface area contributed by atoms with Crippen LogP contribution in [0.1, 0.15) is 25.7 Å². The number of rotatable bonds is 11. The largest absolute Gasteiger partial charge is 0.587 e. The van der Waals surface area contributed by atoms with E-state index in [1.165, 1.54) is 0 Å². The molecule has 0 aliphatic heterocycles. The molecule has 0 heterocycles. The average Bonchev–Trinajstić information content (AvgIpc) is 2.59. The maximum absolute atomic E-state index is 12.9. The zero-order valence-electron chi connectivity index (χ0n) is 13.7. The van der Waals surface area contributed by atoms with E-state index in [9.17, 15) is 9.36 Å². The minimum Gasteiger partial charge on any atom is -0.481 e. The Labute approximate surface area is 147 Å². The summed E-state index contributed by atoms with van der Waals surface area (Å²) in [6.45, 7) is 0.149. The van der Waals surface area contributed by atoms with Crippen molar-refractivity contribution in [2.45, 2.75) is 25.7 Å². The molecule has 0 bridgehead atoms. The third-order valence-electron chi connectivity index (χ3n) is 3.21. The average molecular weight is 364 g/mol. The summed E-state index contributed by atoms with van der Waals surface area (Å²) in [7, 11) is -3.85. The Kier molecular flexibility index (Phi) is 7.51. The molecule has 0 aliphatic carbocycles. The highest BCUT2D eigenvalue weighted by Gasteiger charge is 2.30. The second-order valence-corrected chi connectivity index (χ2v) is 6.81. The molecule has 2 aromatic carbocycles. The number of phosphoric ester groups is 1. The summed E-state index contributed by atoms with van der Waals surface area (Å²) in [4.78, 5) is 10.5. The van der Waals surface area contributed by atoms with Gasteiger partial charge in [-0.15, -0.1) is 0 Å². The molecule has 0 aromatic heterocycles. The summed E-state index contributed by atoms with van der Waals surface area (Å²) >= 11 is 0. The SMILES string of the molecule is O=C(O)CCCCCOP(=O)(Oc1ccccc1)Oc1ccccc1. The van der Waals surface area contributed by atoms with Crippen LogP contribution >= 0.6 is 7.82 Å². The lowest BCUT2D eigenvalue weighted by molar-refractivity contribution is -0.137. The molecule has 0 unspecified atom stereocenters. The fourth-order valence-electron chi connectivity index (χ4n) is 2.02. The van der Waals surface area contributed by atoms with Crippen LogP contribution in [-0.4, -0.2) is 17.7 Å². The van der Waals surface area contributed by atoms with Crippen molar-refractivity contribution in [3.05, 3.63) is 60.7 Å². The maximum atomic E-state index is 12.9. The van der Waals surface area contributed by atoms with Gasteiger partial charge in [0.05, 0.1) is 6.61 Å². The molecule has 2 rings (SSSR count). The Bertz CT molecular complexity index is 644. The fraction of sp³-hybridized carbons (Fsp3) is 0.278. The molecular formula is C18H21O6P. The molecule has 1 N–H and O–H groups in total. The topological polar surface area (TPSA) is 82.1 Å². The maximum Gasteiger partial charge on any atom is 0.587 e. The van der Waals surface area contributed by atoms with E-state index in [0.29, 0.717) is 30.8 Å². The van der Waals surface area contributed by atoms with Gasteiger partial charge in [0, 0.05) is 6.42 Å². The molecule has 134 valence electrons. The van der Waals surface area contributed by atoms with E-state index in [4.69, 9.17) is 18.7 Å². The third kappa shape index (κ3) is 7.42. The molecule has 0 spiro atoms. The first kappa shape index (κ1) is 19.0. The van der Waals surface area contributed by atoms with Gasteiger partial charge < -0.3 is 14.2 Å². The first-order valence-electron chi connectivity index (χ1n) is 8.03. The van der Waals surface area contributed by atoms with Gasteiger partial charge in [0.2, 0.25) is 0 Å². The zero-order valence-corrected chi connectivity index (χ0v) is 14.6. The molecule has 0 saturated carbocycles.